The topological polar surface area (TPSA) is 84.2 Å². The quantitative estimate of drug-likeness (QED) is 0.512. The van der Waals surface area contributed by atoms with Gasteiger partial charge >= 0.3 is 0 Å². The molecule has 9 heteroatoms. The van der Waals surface area contributed by atoms with Crippen LogP contribution in [0, 0.1) is 17.1 Å². The second-order valence-electron chi connectivity index (χ2n) is 6.19. The first-order valence-corrected chi connectivity index (χ1v) is 10.5. The van der Waals surface area contributed by atoms with Crippen molar-refractivity contribution in [1.29, 1.82) is 5.26 Å². The number of aromatic nitrogens is 1. The zero-order valence-corrected chi connectivity index (χ0v) is 17.7. The molecule has 1 aliphatic heterocycles. The molecule has 0 bridgehead atoms. The van der Waals surface area contributed by atoms with E-state index < -0.39 is 5.82 Å². The number of fused-ring (bicyclic) bond motifs is 1. The number of nitriles is 1. The molecule has 0 spiro atoms. The van der Waals surface area contributed by atoms with Gasteiger partial charge in [0.15, 0.2) is 11.5 Å². The molecule has 150 valence electrons. The van der Waals surface area contributed by atoms with Crippen LogP contribution in [0.15, 0.2) is 58.0 Å². The zero-order valence-electron chi connectivity index (χ0n) is 15.3. The molecule has 0 unspecified atom stereocenters. The standard InChI is InChI=1S/C21H13BrFN3O3S/c22-15-8-14(23)3-5-17(15)25-20(27)10-30-21-13(9-24)1-4-16(26-21)12-2-6-18-19(7-12)29-11-28-18/h1-8H,10-11H2,(H,25,27). The van der Waals surface area contributed by atoms with Gasteiger partial charge < -0.3 is 14.8 Å². The molecule has 2 aromatic carbocycles. The van der Waals surface area contributed by atoms with E-state index in [1.54, 1.807) is 18.2 Å². The van der Waals surface area contributed by atoms with E-state index in [0.29, 0.717) is 37.9 Å². The summed E-state index contributed by atoms with van der Waals surface area (Å²) in [6.07, 6.45) is 0. The lowest BCUT2D eigenvalue weighted by Gasteiger charge is -2.09. The zero-order chi connectivity index (χ0) is 21.1. The minimum atomic E-state index is -0.405. The maximum atomic E-state index is 13.2. The smallest absolute Gasteiger partial charge is 0.234 e. The number of amides is 1. The molecule has 0 radical (unpaired) electrons. The molecule has 1 aromatic heterocycles. The second-order valence-corrected chi connectivity index (χ2v) is 8.01. The van der Waals surface area contributed by atoms with Crippen molar-refractivity contribution in [3.05, 3.63) is 64.4 Å². The maximum Gasteiger partial charge on any atom is 0.234 e. The van der Waals surface area contributed by atoms with Crippen molar-refractivity contribution in [3.63, 3.8) is 0 Å². The van der Waals surface area contributed by atoms with E-state index >= 15 is 0 Å². The number of halogens is 2. The molecule has 6 nitrogen and oxygen atoms in total. The number of carbonyl (C=O) groups is 1. The van der Waals surface area contributed by atoms with Crippen molar-refractivity contribution in [2.24, 2.45) is 0 Å². The van der Waals surface area contributed by atoms with E-state index in [4.69, 9.17) is 9.47 Å². The minimum absolute atomic E-state index is 0.0378. The van der Waals surface area contributed by atoms with Gasteiger partial charge in [-0.1, -0.05) is 11.8 Å². The molecular formula is C21H13BrFN3O3S. The summed E-state index contributed by atoms with van der Waals surface area (Å²) in [6, 6.07) is 15.0. The van der Waals surface area contributed by atoms with Gasteiger partial charge in [-0.2, -0.15) is 5.26 Å². The number of benzene rings is 2. The van der Waals surface area contributed by atoms with Crippen LogP contribution in [0.4, 0.5) is 10.1 Å². The van der Waals surface area contributed by atoms with E-state index in [-0.39, 0.29) is 18.5 Å². The molecular weight excluding hydrogens is 473 g/mol. The number of nitrogens with one attached hydrogen (secondary N) is 1. The first kappa shape index (κ1) is 20.2. The van der Waals surface area contributed by atoms with Gasteiger partial charge in [0, 0.05) is 10.0 Å². The van der Waals surface area contributed by atoms with Crippen molar-refractivity contribution >= 4 is 39.3 Å². The van der Waals surface area contributed by atoms with E-state index in [9.17, 15) is 14.4 Å². The van der Waals surface area contributed by atoms with Crippen LogP contribution < -0.4 is 14.8 Å². The van der Waals surface area contributed by atoms with Gasteiger partial charge in [0.25, 0.3) is 0 Å². The molecule has 1 amide bonds. The Labute approximate surface area is 184 Å². The monoisotopic (exact) mass is 485 g/mol. The van der Waals surface area contributed by atoms with Crippen LogP contribution in [0.5, 0.6) is 11.5 Å². The Kier molecular flexibility index (Phi) is 5.88. The second kappa shape index (κ2) is 8.73. The van der Waals surface area contributed by atoms with Crippen molar-refractivity contribution in [1.82, 2.24) is 4.98 Å². The van der Waals surface area contributed by atoms with E-state index in [2.05, 4.69) is 32.3 Å². The molecule has 0 aliphatic carbocycles. The number of thioether (sulfide) groups is 1. The van der Waals surface area contributed by atoms with Crippen molar-refractivity contribution in [2.75, 3.05) is 17.9 Å². The molecule has 0 saturated carbocycles. The predicted molar refractivity (Wildman–Crippen MR) is 114 cm³/mol. The summed E-state index contributed by atoms with van der Waals surface area (Å²) in [6.45, 7) is 0.181. The normalized spacial score (nSPS) is 11.8. The summed E-state index contributed by atoms with van der Waals surface area (Å²) < 4.78 is 24.4. The first-order chi connectivity index (χ1) is 14.5. The number of ether oxygens (including phenoxy) is 2. The molecule has 4 rings (SSSR count). The number of rotatable bonds is 5. The van der Waals surface area contributed by atoms with Crippen LogP contribution >= 0.6 is 27.7 Å². The van der Waals surface area contributed by atoms with Gasteiger partial charge in [-0.25, -0.2) is 9.37 Å². The third-order valence-electron chi connectivity index (χ3n) is 4.19. The summed E-state index contributed by atoms with van der Waals surface area (Å²) in [5.74, 6) is 0.641. The van der Waals surface area contributed by atoms with Crippen molar-refractivity contribution in [3.8, 4) is 28.8 Å². The Morgan fingerprint density at radius 3 is 2.83 bits per heavy atom. The Balaban J connectivity index is 1.50. The summed E-state index contributed by atoms with van der Waals surface area (Å²) in [7, 11) is 0. The Morgan fingerprint density at radius 2 is 2.03 bits per heavy atom. The molecule has 0 atom stereocenters. The van der Waals surface area contributed by atoms with E-state index in [1.165, 1.54) is 18.2 Å². The Bertz CT molecular complexity index is 1180. The molecule has 2 heterocycles. The van der Waals surface area contributed by atoms with Gasteiger partial charge in [0.2, 0.25) is 12.7 Å². The summed E-state index contributed by atoms with van der Waals surface area (Å²) in [4.78, 5) is 16.9. The largest absolute Gasteiger partial charge is 0.454 e. The van der Waals surface area contributed by atoms with Gasteiger partial charge in [0.1, 0.15) is 16.9 Å². The highest BCUT2D eigenvalue weighted by molar-refractivity contribution is 9.10. The molecule has 3 aromatic rings. The number of carbonyl (C=O) groups excluding carboxylic acids is 1. The number of pyridine rings is 1. The third-order valence-corrected chi connectivity index (χ3v) is 5.84. The molecule has 30 heavy (non-hydrogen) atoms. The van der Waals surface area contributed by atoms with E-state index in [0.717, 1.165) is 17.3 Å². The van der Waals surface area contributed by atoms with Crippen LogP contribution in [0.1, 0.15) is 5.56 Å². The first-order valence-electron chi connectivity index (χ1n) is 8.72. The van der Waals surface area contributed by atoms with Crippen molar-refractivity contribution in [2.45, 2.75) is 5.03 Å². The maximum absolute atomic E-state index is 13.2. The van der Waals surface area contributed by atoms with Gasteiger partial charge in [-0.15, -0.1) is 0 Å². The lowest BCUT2D eigenvalue weighted by atomic mass is 10.1. The molecule has 1 N–H and O–H groups in total. The fourth-order valence-electron chi connectivity index (χ4n) is 2.76. The van der Waals surface area contributed by atoms with Crippen LogP contribution in [0.25, 0.3) is 11.3 Å². The average Bonchev–Trinajstić information content (AvgIpc) is 3.22. The lowest BCUT2D eigenvalue weighted by molar-refractivity contribution is -0.113. The predicted octanol–water partition coefficient (Wildman–Crippen LogP) is 4.98. The van der Waals surface area contributed by atoms with Gasteiger partial charge in [-0.05, 0) is 64.5 Å². The average molecular weight is 486 g/mol. The molecule has 0 saturated heterocycles. The fraction of sp³-hybridized carbons (Fsp3) is 0.0952. The summed E-state index contributed by atoms with van der Waals surface area (Å²) >= 11 is 4.37. The highest BCUT2D eigenvalue weighted by atomic mass is 79.9. The summed E-state index contributed by atoms with van der Waals surface area (Å²) in [5, 5.41) is 12.5. The molecule has 0 fully saturated rings. The van der Waals surface area contributed by atoms with Gasteiger partial charge in [-0.3, -0.25) is 4.79 Å². The Hall–Kier alpha value is -3.09. The van der Waals surface area contributed by atoms with E-state index in [1.807, 2.05) is 12.1 Å². The van der Waals surface area contributed by atoms with Crippen LogP contribution in [0.3, 0.4) is 0 Å². The van der Waals surface area contributed by atoms with Gasteiger partial charge in [0.05, 0.1) is 22.7 Å². The van der Waals surface area contributed by atoms with Crippen LogP contribution in [-0.2, 0) is 4.79 Å². The highest BCUT2D eigenvalue weighted by Crippen LogP contribution is 2.36. The van der Waals surface area contributed by atoms with Crippen LogP contribution in [0.2, 0.25) is 0 Å². The third kappa shape index (κ3) is 4.40. The number of hydrogen-bond acceptors (Lipinski definition) is 6. The number of anilines is 1. The summed E-state index contributed by atoms with van der Waals surface area (Å²) in [5.41, 5.74) is 2.30. The SMILES string of the molecule is N#Cc1ccc(-c2ccc3c(c2)OCO3)nc1SCC(=O)Nc1ccc(F)cc1Br. The van der Waals surface area contributed by atoms with Crippen LogP contribution in [-0.4, -0.2) is 23.4 Å². The molecule has 1 aliphatic rings. The lowest BCUT2D eigenvalue weighted by Crippen LogP contribution is -2.14. The minimum Gasteiger partial charge on any atom is -0.454 e. The number of nitrogens with zero attached hydrogens (tertiary/aromatic N) is 2. The Morgan fingerprint density at radius 1 is 1.20 bits per heavy atom. The number of hydrogen-bond donors (Lipinski definition) is 1. The fourth-order valence-corrected chi connectivity index (χ4v) is 3.99. The van der Waals surface area contributed by atoms with Crippen molar-refractivity contribution < 1.29 is 18.7 Å². The highest BCUT2D eigenvalue weighted by Gasteiger charge is 2.16.